The first-order valence-corrected chi connectivity index (χ1v) is 9.22. The summed E-state index contributed by atoms with van der Waals surface area (Å²) in [5.41, 5.74) is 1.31. The predicted octanol–water partition coefficient (Wildman–Crippen LogP) is 2.76. The molecule has 1 fully saturated rings. The maximum Gasteiger partial charge on any atom is 0.317 e. The SMILES string of the molecule is O=C(NCc1cccc(OC(F)P)c1)N1CCN(c2ccncc2F)CC1. The van der Waals surface area contributed by atoms with Gasteiger partial charge in [0, 0.05) is 38.9 Å². The van der Waals surface area contributed by atoms with Gasteiger partial charge < -0.3 is 19.9 Å². The summed E-state index contributed by atoms with van der Waals surface area (Å²) < 4.78 is 31.7. The molecule has 1 N–H and O–H groups in total. The molecule has 2 heterocycles. The van der Waals surface area contributed by atoms with Gasteiger partial charge in [0.05, 0.1) is 11.9 Å². The molecule has 144 valence electrons. The second-order valence-electron chi connectivity index (χ2n) is 6.08. The van der Waals surface area contributed by atoms with Crippen LogP contribution in [0.2, 0.25) is 0 Å². The van der Waals surface area contributed by atoms with E-state index in [1.54, 1.807) is 35.4 Å². The van der Waals surface area contributed by atoms with Gasteiger partial charge in [-0.1, -0.05) is 21.4 Å². The van der Waals surface area contributed by atoms with E-state index >= 15 is 0 Å². The Hall–Kier alpha value is -2.47. The highest BCUT2D eigenvalue weighted by Gasteiger charge is 2.22. The van der Waals surface area contributed by atoms with E-state index in [-0.39, 0.29) is 11.8 Å². The Morgan fingerprint density at radius 3 is 2.78 bits per heavy atom. The summed E-state index contributed by atoms with van der Waals surface area (Å²) in [6.07, 6.45) is 1.27. The molecule has 9 heteroatoms. The molecule has 2 amide bonds. The molecule has 1 aliphatic rings. The van der Waals surface area contributed by atoms with Crippen molar-refractivity contribution in [3.05, 3.63) is 54.1 Å². The molecule has 2 atom stereocenters. The molecule has 0 aliphatic carbocycles. The molecule has 2 unspecified atom stereocenters. The lowest BCUT2D eigenvalue weighted by Gasteiger charge is -2.36. The first-order valence-electron chi connectivity index (χ1n) is 8.55. The molecule has 1 aliphatic heterocycles. The van der Waals surface area contributed by atoms with Crippen molar-refractivity contribution in [2.45, 2.75) is 12.6 Å². The maximum absolute atomic E-state index is 13.8. The minimum absolute atomic E-state index is 0.189. The van der Waals surface area contributed by atoms with Crippen LogP contribution in [-0.2, 0) is 6.54 Å². The van der Waals surface area contributed by atoms with E-state index in [0.717, 1.165) is 5.56 Å². The number of urea groups is 1. The molecule has 27 heavy (non-hydrogen) atoms. The number of piperazine rings is 1. The minimum atomic E-state index is -1.48. The van der Waals surface area contributed by atoms with Crippen molar-refractivity contribution < 1.29 is 18.3 Å². The van der Waals surface area contributed by atoms with E-state index in [4.69, 9.17) is 4.74 Å². The van der Waals surface area contributed by atoms with E-state index < -0.39 is 6.10 Å². The number of benzene rings is 1. The topological polar surface area (TPSA) is 57.7 Å². The van der Waals surface area contributed by atoms with Gasteiger partial charge in [-0.2, -0.15) is 4.39 Å². The average Bonchev–Trinajstić information content (AvgIpc) is 2.66. The number of hydrogen-bond donors (Lipinski definition) is 1. The van der Waals surface area contributed by atoms with Crippen LogP contribution in [-0.4, -0.2) is 48.2 Å². The number of nitrogens with zero attached hydrogens (tertiary/aromatic N) is 3. The zero-order valence-corrected chi connectivity index (χ0v) is 15.8. The van der Waals surface area contributed by atoms with Gasteiger partial charge in [-0.25, -0.2) is 9.18 Å². The molecule has 0 bridgehead atoms. The van der Waals surface area contributed by atoms with Crippen molar-refractivity contribution in [2.24, 2.45) is 0 Å². The van der Waals surface area contributed by atoms with Crippen LogP contribution < -0.4 is 15.0 Å². The first-order chi connectivity index (χ1) is 13.0. The molecule has 6 nitrogen and oxygen atoms in total. The molecule has 1 aromatic carbocycles. The van der Waals surface area contributed by atoms with E-state index in [2.05, 4.69) is 10.3 Å². The first kappa shape index (κ1) is 19.3. The fourth-order valence-corrected chi connectivity index (χ4v) is 3.08. The van der Waals surface area contributed by atoms with Crippen LogP contribution in [0.25, 0.3) is 0 Å². The van der Waals surface area contributed by atoms with Gasteiger partial charge in [0.1, 0.15) is 5.75 Å². The number of alkyl halides is 1. The van der Waals surface area contributed by atoms with Crippen LogP contribution in [0.5, 0.6) is 5.75 Å². The van der Waals surface area contributed by atoms with E-state index in [1.807, 2.05) is 20.2 Å². The zero-order chi connectivity index (χ0) is 19.2. The summed E-state index contributed by atoms with van der Waals surface area (Å²) >= 11 is 0. The number of ether oxygens (including phenoxy) is 1. The van der Waals surface area contributed by atoms with Gasteiger partial charge in [-0.15, -0.1) is 0 Å². The maximum atomic E-state index is 13.8. The number of hydrogen-bond acceptors (Lipinski definition) is 4. The van der Waals surface area contributed by atoms with E-state index in [0.29, 0.717) is 44.2 Å². The number of halogens is 2. The van der Waals surface area contributed by atoms with Crippen molar-refractivity contribution in [3.8, 4) is 5.75 Å². The Bertz CT molecular complexity index is 785. The van der Waals surface area contributed by atoms with Gasteiger partial charge in [0.15, 0.2) is 5.82 Å². The Morgan fingerprint density at radius 1 is 1.30 bits per heavy atom. The Balaban J connectivity index is 1.49. The fourth-order valence-electron chi connectivity index (χ4n) is 2.92. The highest BCUT2D eigenvalue weighted by molar-refractivity contribution is 7.16. The van der Waals surface area contributed by atoms with Crippen molar-refractivity contribution >= 4 is 21.0 Å². The number of carbonyl (C=O) groups excluding carboxylic acids is 1. The second-order valence-corrected chi connectivity index (χ2v) is 6.60. The third-order valence-electron chi connectivity index (χ3n) is 4.25. The number of carbonyl (C=O) groups is 1. The molecular weight excluding hydrogens is 373 g/mol. The van der Waals surface area contributed by atoms with Gasteiger partial charge in [-0.05, 0) is 23.8 Å². The standard InChI is InChI=1S/C18H21F2N4O2P/c19-15-12-21-5-4-16(15)23-6-8-24(9-7-23)18(25)22-11-13-2-1-3-14(10-13)26-17(20)27/h1-5,10,12,17H,6-9,11,27H2,(H,22,25). The van der Waals surface area contributed by atoms with E-state index in [1.165, 1.54) is 6.20 Å². The molecular formula is C18H21F2N4O2P. The summed E-state index contributed by atoms with van der Waals surface area (Å²) in [7, 11) is 1.92. The highest BCUT2D eigenvalue weighted by atomic mass is 31.0. The van der Waals surface area contributed by atoms with Crippen LogP contribution in [0.4, 0.5) is 19.3 Å². The number of nitrogens with one attached hydrogen (secondary N) is 1. The summed E-state index contributed by atoms with van der Waals surface area (Å²) in [4.78, 5) is 19.7. The normalized spacial score (nSPS) is 15.4. The van der Waals surface area contributed by atoms with Crippen LogP contribution >= 0.6 is 9.24 Å². The third-order valence-corrected chi connectivity index (χ3v) is 4.39. The van der Waals surface area contributed by atoms with Crippen molar-refractivity contribution in [1.82, 2.24) is 15.2 Å². The molecule has 1 saturated heterocycles. The number of aromatic nitrogens is 1. The fraction of sp³-hybridized carbons (Fsp3) is 0.333. The summed E-state index contributed by atoms with van der Waals surface area (Å²) in [6.45, 7) is 2.39. The predicted molar refractivity (Wildman–Crippen MR) is 102 cm³/mol. The monoisotopic (exact) mass is 394 g/mol. The minimum Gasteiger partial charge on any atom is -0.457 e. The molecule has 3 rings (SSSR count). The number of amides is 2. The lowest BCUT2D eigenvalue weighted by molar-refractivity contribution is 0.153. The Morgan fingerprint density at radius 2 is 2.07 bits per heavy atom. The largest absolute Gasteiger partial charge is 0.457 e. The summed E-state index contributed by atoms with van der Waals surface area (Å²) in [5.74, 6) is 0.0377. The molecule has 0 saturated carbocycles. The summed E-state index contributed by atoms with van der Waals surface area (Å²) in [5, 5.41) is 2.85. The third kappa shape index (κ3) is 5.26. The van der Waals surface area contributed by atoms with Gasteiger partial charge in [0.2, 0.25) is 6.10 Å². The van der Waals surface area contributed by atoms with Gasteiger partial charge in [-0.3, -0.25) is 4.98 Å². The zero-order valence-electron chi connectivity index (χ0n) is 14.6. The van der Waals surface area contributed by atoms with Crippen LogP contribution in [0, 0.1) is 5.82 Å². The lowest BCUT2D eigenvalue weighted by Crippen LogP contribution is -2.51. The Kier molecular flexibility index (Phi) is 6.40. The second kappa shape index (κ2) is 8.95. The highest BCUT2D eigenvalue weighted by Crippen LogP contribution is 2.20. The van der Waals surface area contributed by atoms with Crippen LogP contribution in [0.1, 0.15) is 5.56 Å². The lowest BCUT2D eigenvalue weighted by atomic mass is 10.2. The van der Waals surface area contributed by atoms with Gasteiger partial charge in [0.25, 0.3) is 0 Å². The smallest absolute Gasteiger partial charge is 0.317 e. The molecule has 0 radical (unpaired) electrons. The number of pyridine rings is 1. The number of rotatable bonds is 5. The van der Waals surface area contributed by atoms with E-state index in [9.17, 15) is 13.6 Å². The summed E-state index contributed by atoms with van der Waals surface area (Å²) in [6, 6.07) is 8.35. The molecule has 0 spiro atoms. The van der Waals surface area contributed by atoms with Gasteiger partial charge >= 0.3 is 6.03 Å². The van der Waals surface area contributed by atoms with Crippen LogP contribution in [0.3, 0.4) is 0 Å². The van der Waals surface area contributed by atoms with Crippen molar-refractivity contribution in [1.29, 1.82) is 0 Å². The van der Waals surface area contributed by atoms with Crippen molar-refractivity contribution in [2.75, 3.05) is 31.1 Å². The van der Waals surface area contributed by atoms with Crippen molar-refractivity contribution in [3.63, 3.8) is 0 Å². The molecule has 1 aromatic heterocycles. The van der Waals surface area contributed by atoms with Crippen LogP contribution in [0.15, 0.2) is 42.7 Å². The molecule has 2 aromatic rings. The Labute approximate surface area is 158 Å². The average molecular weight is 394 g/mol. The quantitative estimate of drug-likeness (QED) is 0.793. The number of anilines is 1.